The third-order valence-corrected chi connectivity index (χ3v) is 3.96. The Bertz CT molecular complexity index is 479. The summed E-state index contributed by atoms with van der Waals surface area (Å²) in [4.78, 5) is 0.156. The van der Waals surface area contributed by atoms with Gasteiger partial charge in [0.25, 0.3) is 0 Å². The predicted octanol–water partition coefficient (Wildman–Crippen LogP) is 0.255. The maximum Gasteiger partial charge on any atom is 0.238 e. The molecule has 1 atom stereocenters. The van der Waals surface area contributed by atoms with Gasteiger partial charge in [-0.25, -0.2) is 13.6 Å². The molecule has 1 heterocycles. The molecular weight excluding hydrogens is 252 g/mol. The van der Waals surface area contributed by atoms with Crippen LogP contribution in [-0.2, 0) is 21.2 Å². The summed E-state index contributed by atoms with van der Waals surface area (Å²) in [6.45, 7) is 2.48. The molecule has 1 fully saturated rings. The van der Waals surface area contributed by atoms with E-state index in [2.05, 4.69) is 5.32 Å². The lowest BCUT2D eigenvalue weighted by Gasteiger charge is -2.10. The Balaban J connectivity index is 1.83. The maximum atomic E-state index is 11.1. The molecule has 0 amide bonds. The SMILES string of the molecule is NS(=O)(=O)c1ccc(CCN[C@@H]2CCOC2)cc1. The number of nitrogens with one attached hydrogen (secondary N) is 1. The van der Waals surface area contributed by atoms with Crippen molar-refractivity contribution in [3.63, 3.8) is 0 Å². The van der Waals surface area contributed by atoms with Gasteiger partial charge < -0.3 is 10.1 Å². The van der Waals surface area contributed by atoms with Gasteiger partial charge in [0.05, 0.1) is 11.5 Å². The van der Waals surface area contributed by atoms with E-state index in [1.54, 1.807) is 24.3 Å². The highest BCUT2D eigenvalue weighted by Crippen LogP contribution is 2.09. The average molecular weight is 270 g/mol. The summed E-state index contributed by atoms with van der Waals surface area (Å²) in [6.07, 6.45) is 1.92. The van der Waals surface area contributed by atoms with Crippen molar-refractivity contribution in [3.05, 3.63) is 29.8 Å². The number of ether oxygens (including phenoxy) is 1. The van der Waals surface area contributed by atoms with Crippen LogP contribution in [0.15, 0.2) is 29.2 Å². The first-order valence-electron chi connectivity index (χ1n) is 5.98. The number of primary sulfonamides is 1. The number of nitrogens with two attached hydrogens (primary N) is 1. The van der Waals surface area contributed by atoms with Crippen molar-refractivity contribution >= 4 is 10.0 Å². The van der Waals surface area contributed by atoms with Crippen molar-refractivity contribution < 1.29 is 13.2 Å². The summed E-state index contributed by atoms with van der Waals surface area (Å²) in [5.74, 6) is 0. The third-order valence-electron chi connectivity index (χ3n) is 3.03. The normalized spacial score (nSPS) is 20.2. The first-order valence-corrected chi connectivity index (χ1v) is 7.53. The van der Waals surface area contributed by atoms with E-state index in [1.165, 1.54) is 0 Å². The second-order valence-corrected chi connectivity index (χ2v) is 6.02. The fraction of sp³-hybridized carbons (Fsp3) is 0.500. The lowest BCUT2D eigenvalue weighted by atomic mass is 10.1. The third kappa shape index (κ3) is 3.78. The predicted molar refractivity (Wildman–Crippen MR) is 68.7 cm³/mol. The van der Waals surface area contributed by atoms with Gasteiger partial charge in [0, 0.05) is 12.6 Å². The Labute approximate surface area is 107 Å². The number of hydrogen-bond donors (Lipinski definition) is 2. The molecule has 18 heavy (non-hydrogen) atoms. The van der Waals surface area contributed by atoms with E-state index in [-0.39, 0.29) is 4.90 Å². The molecule has 1 aromatic rings. The van der Waals surface area contributed by atoms with Gasteiger partial charge in [-0.05, 0) is 37.1 Å². The number of benzene rings is 1. The molecule has 1 saturated heterocycles. The topological polar surface area (TPSA) is 81.4 Å². The lowest BCUT2D eigenvalue weighted by molar-refractivity contribution is 0.190. The number of hydrogen-bond acceptors (Lipinski definition) is 4. The quantitative estimate of drug-likeness (QED) is 0.804. The summed E-state index contributed by atoms with van der Waals surface area (Å²) in [5, 5.41) is 8.44. The Hall–Kier alpha value is -0.950. The van der Waals surface area contributed by atoms with Gasteiger partial charge in [-0.1, -0.05) is 12.1 Å². The number of rotatable bonds is 5. The lowest BCUT2D eigenvalue weighted by Crippen LogP contribution is -2.30. The summed E-state index contributed by atoms with van der Waals surface area (Å²) in [6, 6.07) is 7.14. The minimum absolute atomic E-state index is 0.156. The molecule has 5 nitrogen and oxygen atoms in total. The molecule has 0 aromatic heterocycles. The van der Waals surface area contributed by atoms with Crippen LogP contribution < -0.4 is 10.5 Å². The molecule has 0 radical (unpaired) electrons. The molecular formula is C12H18N2O3S. The van der Waals surface area contributed by atoms with E-state index in [9.17, 15) is 8.42 Å². The van der Waals surface area contributed by atoms with Gasteiger partial charge >= 0.3 is 0 Å². The smallest absolute Gasteiger partial charge is 0.238 e. The first kappa shape index (κ1) is 13.5. The van der Waals surface area contributed by atoms with Crippen LogP contribution >= 0.6 is 0 Å². The molecule has 6 heteroatoms. The van der Waals surface area contributed by atoms with Crippen molar-refractivity contribution in [2.75, 3.05) is 19.8 Å². The molecule has 1 aliphatic rings. The molecule has 0 bridgehead atoms. The van der Waals surface area contributed by atoms with Crippen LogP contribution in [0, 0.1) is 0 Å². The molecule has 0 aliphatic carbocycles. The van der Waals surface area contributed by atoms with Crippen LogP contribution in [0.3, 0.4) is 0 Å². The largest absolute Gasteiger partial charge is 0.380 e. The average Bonchev–Trinajstić information content (AvgIpc) is 2.82. The van der Waals surface area contributed by atoms with E-state index in [4.69, 9.17) is 9.88 Å². The van der Waals surface area contributed by atoms with Gasteiger partial charge in [-0.2, -0.15) is 0 Å². The van der Waals surface area contributed by atoms with Gasteiger partial charge in [0.15, 0.2) is 0 Å². The Kier molecular flexibility index (Phi) is 4.34. The minimum atomic E-state index is -3.59. The van der Waals surface area contributed by atoms with Gasteiger partial charge in [0.1, 0.15) is 0 Å². The highest BCUT2D eigenvalue weighted by molar-refractivity contribution is 7.89. The molecule has 3 N–H and O–H groups in total. The van der Waals surface area contributed by atoms with Gasteiger partial charge in [0.2, 0.25) is 10.0 Å². The van der Waals surface area contributed by atoms with Gasteiger partial charge in [-0.15, -0.1) is 0 Å². The zero-order valence-electron chi connectivity index (χ0n) is 10.1. The summed E-state index contributed by atoms with van der Waals surface area (Å²) in [5.41, 5.74) is 1.09. The van der Waals surface area contributed by atoms with Crippen molar-refractivity contribution in [3.8, 4) is 0 Å². The first-order chi connectivity index (χ1) is 8.55. The second-order valence-electron chi connectivity index (χ2n) is 4.45. The summed E-state index contributed by atoms with van der Waals surface area (Å²) >= 11 is 0. The highest BCUT2D eigenvalue weighted by atomic mass is 32.2. The molecule has 1 aromatic carbocycles. The van der Waals surface area contributed by atoms with E-state index >= 15 is 0 Å². The Morgan fingerprint density at radius 3 is 2.61 bits per heavy atom. The van der Waals surface area contributed by atoms with Crippen LogP contribution in [0.25, 0.3) is 0 Å². The van der Waals surface area contributed by atoms with Crippen molar-refractivity contribution in [2.45, 2.75) is 23.8 Å². The van der Waals surface area contributed by atoms with Gasteiger partial charge in [-0.3, -0.25) is 0 Å². The van der Waals surface area contributed by atoms with Crippen LogP contribution in [-0.4, -0.2) is 34.2 Å². The summed E-state index contributed by atoms with van der Waals surface area (Å²) in [7, 11) is -3.59. The fourth-order valence-corrected chi connectivity index (χ4v) is 2.48. The van der Waals surface area contributed by atoms with E-state index in [0.717, 1.165) is 38.2 Å². The monoisotopic (exact) mass is 270 g/mol. The van der Waals surface area contributed by atoms with Crippen molar-refractivity contribution in [2.24, 2.45) is 5.14 Å². The maximum absolute atomic E-state index is 11.1. The molecule has 0 unspecified atom stereocenters. The van der Waals surface area contributed by atoms with Crippen molar-refractivity contribution in [1.82, 2.24) is 5.32 Å². The zero-order valence-corrected chi connectivity index (χ0v) is 10.9. The zero-order chi connectivity index (χ0) is 13.0. The minimum Gasteiger partial charge on any atom is -0.380 e. The second kappa shape index (κ2) is 5.79. The van der Waals surface area contributed by atoms with Crippen LogP contribution in [0.2, 0.25) is 0 Å². The van der Waals surface area contributed by atoms with E-state index < -0.39 is 10.0 Å². The molecule has 100 valence electrons. The fourth-order valence-electron chi connectivity index (χ4n) is 1.96. The molecule has 2 rings (SSSR count). The molecule has 0 saturated carbocycles. The Morgan fingerprint density at radius 2 is 2.06 bits per heavy atom. The molecule has 1 aliphatic heterocycles. The molecule has 0 spiro atoms. The standard InChI is InChI=1S/C12H18N2O3S/c13-18(15,16)12-3-1-10(2-4-12)5-7-14-11-6-8-17-9-11/h1-4,11,14H,5-9H2,(H2,13,15,16)/t11-/m1/s1. The summed E-state index contributed by atoms with van der Waals surface area (Å²) < 4.78 is 27.4. The van der Waals surface area contributed by atoms with E-state index in [1.807, 2.05) is 0 Å². The Morgan fingerprint density at radius 1 is 1.33 bits per heavy atom. The van der Waals surface area contributed by atoms with Crippen molar-refractivity contribution in [1.29, 1.82) is 0 Å². The highest BCUT2D eigenvalue weighted by Gasteiger charge is 2.14. The number of sulfonamides is 1. The van der Waals surface area contributed by atoms with Crippen LogP contribution in [0.1, 0.15) is 12.0 Å². The van der Waals surface area contributed by atoms with E-state index in [0.29, 0.717) is 6.04 Å². The van der Waals surface area contributed by atoms with Crippen LogP contribution in [0.4, 0.5) is 0 Å². The van der Waals surface area contributed by atoms with Crippen LogP contribution in [0.5, 0.6) is 0 Å².